The van der Waals surface area contributed by atoms with E-state index < -0.39 is 22.5 Å². The van der Waals surface area contributed by atoms with Crippen molar-refractivity contribution >= 4 is 44.8 Å². The highest BCUT2D eigenvalue weighted by Crippen LogP contribution is 2.30. The predicted octanol–water partition coefficient (Wildman–Crippen LogP) is 4.88. The third-order valence-corrected chi connectivity index (χ3v) is 7.38. The van der Waals surface area contributed by atoms with Gasteiger partial charge in [-0.05, 0) is 48.4 Å². The van der Waals surface area contributed by atoms with E-state index in [4.69, 9.17) is 32.7 Å². The highest BCUT2D eigenvalue weighted by Gasteiger charge is 2.27. The zero-order chi connectivity index (χ0) is 24.7. The number of nitrogens with one attached hydrogen (secondary N) is 1. The molecule has 3 rings (SSSR count). The van der Waals surface area contributed by atoms with Gasteiger partial charge in [0.25, 0.3) is 0 Å². The number of ether oxygens (including phenoxy) is 2. The molecule has 0 spiro atoms. The van der Waals surface area contributed by atoms with Crippen LogP contribution in [0, 0.1) is 0 Å². The number of halogens is 2. The summed E-state index contributed by atoms with van der Waals surface area (Å²) in [5.41, 5.74) is 1.28. The second kappa shape index (κ2) is 11.6. The molecule has 7 nitrogen and oxygen atoms in total. The summed E-state index contributed by atoms with van der Waals surface area (Å²) in [4.78, 5) is 12.9. The maximum Gasteiger partial charge on any atom is 0.243 e. The predicted molar refractivity (Wildman–Crippen MR) is 134 cm³/mol. The molecule has 180 valence electrons. The number of carbonyl (C=O) groups is 1. The molecule has 0 aliphatic rings. The second-order valence-electron chi connectivity index (χ2n) is 7.26. The fourth-order valence-electron chi connectivity index (χ4n) is 3.27. The number of hydrogen-bond acceptors (Lipinski definition) is 5. The smallest absolute Gasteiger partial charge is 0.243 e. The number of nitrogens with zero attached hydrogens (tertiary/aromatic N) is 1. The highest BCUT2D eigenvalue weighted by molar-refractivity contribution is 7.89. The summed E-state index contributed by atoms with van der Waals surface area (Å²) in [5, 5.41) is 3.24. The Balaban J connectivity index is 1.88. The van der Waals surface area contributed by atoms with Gasteiger partial charge >= 0.3 is 0 Å². The number of sulfonamides is 1. The third-order valence-electron chi connectivity index (χ3n) is 5.01. The van der Waals surface area contributed by atoms with Gasteiger partial charge < -0.3 is 14.8 Å². The third kappa shape index (κ3) is 6.42. The monoisotopic (exact) mass is 522 g/mol. The molecule has 0 unspecified atom stereocenters. The lowest BCUT2D eigenvalue weighted by atomic mass is 10.1. The van der Waals surface area contributed by atoms with Gasteiger partial charge in [0, 0.05) is 11.6 Å². The Morgan fingerprint density at radius 1 is 0.941 bits per heavy atom. The summed E-state index contributed by atoms with van der Waals surface area (Å²) in [5.74, 6) is 0.206. The van der Waals surface area contributed by atoms with Crippen molar-refractivity contribution in [3.63, 3.8) is 0 Å². The standard InChI is InChI=1S/C24H24Cl2N2O5S/c1-32-22-11-9-19(15-20(22)26)34(30,31)28(13-12-17-6-4-3-5-7-17)16-24(29)27-21-14-18(25)8-10-23(21)33-2/h3-11,14-15H,12-13,16H2,1-2H3,(H,27,29). The van der Waals surface area contributed by atoms with E-state index in [2.05, 4.69) is 5.32 Å². The van der Waals surface area contributed by atoms with Crippen LogP contribution in [0.5, 0.6) is 11.5 Å². The molecule has 0 bridgehead atoms. The molecule has 0 atom stereocenters. The first-order valence-corrected chi connectivity index (χ1v) is 12.4. The van der Waals surface area contributed by atoms with E-state index >= 15 is 0 Å². The summed E-state index contributed by atoms with van der Waals surface area (Å²) in [6.07, 6.45) is 0.414. The molecule has 0 radical (unpaired) electrons. The maximum absolute atomic E-state index is 13.5. The lowest BCUT2D eigenvalue weighted by molar-refractivity contribution is -0.116. The number of hydrogen-bond donors (Lipinski definition) is 1. The molecule has 0 aliphatic carbocycles. The van der Waals surface area contributed by atoms with E-state index in [9.17, 15) is 13.2 Å². The Bertz CT molecular complexity index is 1250. The molecule has 10 heteroatoms. The lowest BCUT2D eigenvalue weighted by Gasteiger charge is -2.22. The molecular weight excluding hydrogens is 499 g/mol. The molecule has 0 saturated carbocycles. The Morgan fingerprint density at radius 3 is 2.26 bits per heavy atom. The number of amides is 1. The number of methoxy groups -OCH3 is 2. The van der Waals surface area contributed by atoms with Gasteiger partial charge in [-0.1, -0.05) is 53.5 Å². The van der Waals surface area contributed by atoms with Crippen LogP contribution in [-0.4, -0.2) is 45.9 Å². The van der Waals surface area contributed by atoms with Crippen LogP contribution < -0.4 is 14.8 Å². The van der Waals surface area contributed by atoms with Crippen molar-refractivity contribution in [1.29, 1.82) is 0 Å². The number of rotatable bonds is 10. The summed E-state index contributed by atoms with van der Waals surface area (Å²) >= 11 is 12.2. The normalized spacial score (nSPS) is 11.3. The van der Waals surface area contributed by atoms with Crippen LogP contribution in [0.15, 0.2) is 71.6 Å². The minimum Gasteiger partial charge on any atom is -0.495 e. The van der Waals surface area contributed by atoms with E-state index in [0.29, 0.717) is 28.6 Å². The van der Waals surface area contributed by atoms with Crippen LogP contribution in [0.1, 0.15) is 5.56 Å². The Labute approximate surface area is 209 Å². The van der Waals surface area contributed by atoms with Crippen molar-refractivity contribution in [2.75, 3.05) is 32.6 Å². The number of carbonyl (C=O) groups excluding carboxylic acids is 1. The first-order valence-electron chi connectivity index (χ1n) is 10.3. The summed E-state index contributed by atoms with van der Waals surface area (Å²) < 4.78 is 38.4. The Kier molecular flexibility index (Phi) is 8.79. The van der Waals surface area contributed by atoms with Gasteiger partial charge in [0.1, 0.15) is 11.5 Å². The van der Waals surface area contributed by atoms with Crippen LogP contribution in [0.3, 0.4) is 0 Å². The molecular formula is C24H24Cl2N2O5S. The zero-order valence-corrected chi connectivity index (χ0v) is 21.0. The fourth-order valence-corrected chi connectivity index (χ4v) is 5.19. The number of anilines is 1. The minimum absolute atomic E-state index is 0.0421. The van der Waals surface area contributed by atoms with E-state index in [-0.39, 0.29) is 16.5 Å². The van der Waals surface area contributed by atoms with Crippen molar-refractivity contribution in [2.24, 2.45) is 0 Å². The lowest BCUT2D eigenvalue weighted by Crippen LogP contribution is -2.39. The van der Waals surface area contributed by atoms with E-state index in [1.807, 2.05) is 30.3 Å². The van der Waals surface area contributed by atoms with Crippen molar-refractivity contribution in [1.82, 2.24) is 4.31 Å². The van der Waals surface area contributed by atoms with Crippen LogP contribution in [-0.2, 0) is 21.2 Å². The molecule has 0 heterocycles. The fraction of sp³-hybridized carbons (Fsp3) is 0.208. The van der Waals surface area contributed by atoms with Crippen LogP contribution in [0.25, 0.3) is 0 Å². The minimum atomic E-state index is -4.05. The van der Waals surface area contributed by atoms with E-state index in [0.717, 1.165) is 9.87 Å². The van der Waals surface area contributed by atoms with Gasteiger partial charge in [-0.25, -0.2) is 8.42 Å². The van der Waals surface area contributed by atoms with E-state index in [1.165, 1.54) is 38.5 Å². The van der Waals surface area contributed by atoms with Gasteiger partial charge in [0.15, 0.2) is 0 Å². The maximum atomic E-state index is 13.5. The molecule has 0 aliphatic heterocycles. The largest absolute Gasteiger partial charge is 0.495 e. The van der Waals surface area contributed by atoms with Gasteiger partial charge in [-0.2, -0.15) is 4.31 Å². The molecule has 0 aromatic heterocycles. The molecule has 34 heavy (non-hydrogen) atoms. The molecule has 1 amide bonds. The van der Waals surface area contributed by atoms with Crippen molar-refractivity contribution in [3.05, 3.63) is 82.3 Å². The van der Waals surface area contributed by atoms with Crippen molar-refractivity contribution in [2.45, 2.75) is 11.3 Å². The molecule has 1 N–H and O–H groups in total. The molecule has 3 aromatic carbocycles. The average Bonchev–Trinajstić information content (AvgIpc) is 2.82. The van der Waals surface area contributed by atoms with Gasteiger partial charge in [-0.15, -0.1) is 0 Å². The Hall–Kier alpha value is -2.78. The molecule has 3 aromatic rings. The van der Waals surface area contributed by atoms with Crippen molar-refractivity contribution < 1.29 is 22.7 Å². The van der Waals surface area contributed by atoms with Crippen molar-refractivity contribution in [3.8, 4) is 11.5 Å². The summed E-state index contributed by atoms with van der Waals surface area (Å²) in [6.45, 7) is -0.343. The Morgan fingerprint density at radius 2 is 1.62 bits per heavy atom. The second-order valence-corrected chi connectivity index (χ2v) is 10.0. The van der Waals surface area contributed by atoms with Gasteiger partial charge in [0.05, 0.1) is 36.4 Å². The molecule has 0 saturated heterocycles. The topological polar surface area (TPSA) is 84.9 Å². The molecule has 0 fully saturated rings. The number of benzene rings is 3. The van der Waals surface area contributed by atoms with Crippen LogP contribution in [0.4, 0.5) is 5.69 Å². The quantitative estimate of drug-likeness (QED) is 0.410. The van der Waals surface area contributed by atoms with Crippen LogP contribution >= 0.6 is 23.2 Å². The average molecular weight is 523 g/mol. The highest BCUT2D eigenvalue weighted by atomic mass is 35.5. The zero-order valence-electron chi connectivity index (χ0n) is 18.6. The summed E-state index contributed by atoms with van der Waals surface area (Å²) in [6, 6.07) is 18.4. The SMILES string of the molecule is COc1ccc(S(=O)(=O)N(CCc2ccccc2)CC(=O)Nc2cc(Cl)ccc2OC)cc1Cl. The van der Waals surface area contributed by atoms with Gasteiger partial charge in [-0.3, -0.25) is 4.79 Å². The van der Waals surface area contributed by atoms with E-state index in [1.54, 1.807) is 12.1 Å². The van der Waals surface area contributed by atoms with Crippen LogP contribution in [0.2, 0.25) is 10.0 Å². The first kappa shape index (κ1) is 25.8. The van der Waals surface area contributed by atoms with Gasteiger partial charge in [0.2, 0.25) is 15.9 Å². The summed E-state index contributed by atoms with van der Waals surface area (Å²) in [7, 11) is -1.15. The first-order chi connectivity index (χ1) is 16.2.